The molecule has 0 unspecified atom stereocenters. The highest BCUT2D eigenvalue weighted by molar-refractivity contribution is 5.88. The van der Waals surface area contributed by atoms with Crippen molar-refractivity contribution < 1.29 is 14.3 Å². The number of esters is 1. The molecule has 2 N–H and O–H groups in total. The average molecular weight is 268 g/mol. The number of likely N-dealkylation sites (tertiary alicyclic amines) is 1. The van der Waals surface area contributed by atoms with E-state index in [9.17, 15) is 9.59 Å². The molecule has 1 aliphatic rings. The summed E-state index contributed by atoms with van der Waals surface area (Å²) in [6.07, 6.45) is 5.12. The Kier molecular flexibility index (Phi) is 6.56. The number of ether oxygens (including phenoxy) is 1. The number of carbonyl (C=O) groups excluding carboxylic acids is 2. The lowest BCUT2D eigenvalue weighted by Gasteiger charge is -2.30. The first-order valence-electron chi connectivity index (χ1n) is 6.84. The molecule has 0 aromatic carbocycles. The van der Waals surface area contributed by atoms with Crippen molar-refractivity contribution in [3.05, 3.63) is 11.6 Å². The molecule has 1 amide bonds. The number of nitrogens with zero attached hydrogens (tertiary/aromatic N) is 1. The quantitative estimate of drug-likeness (QED) is 0.578. The third-order valence-electron chi connectivity index (χ3n) is 3.62. The zero-order valence-corrected chi connectivity index (χ0v) is 11.9. The highest BCUT2D eigenvalue weighted by atomic mass is 16.5. The van der Waals surface area contributed by atoms with Gasteiger partial charge in [0.1, 0.15) is 0 Å². The number of methoxy groups -OCH3 is 1. The lowest BCUT2D eigenvalue weighted by atomic mass is 9.93. The fraction of sp³-hybridized carbons (Fsp3) is 0.714. The zero-order valence-electron chi connectivity index (χ0n) is 11.9. The number of piperidine rings is 1. The Labute approximate surface area is 114 Å². The maximum Gasteiger partial charge on any atom is 0.333 e. The molecule has 0 atom stereocenters. The highest BCUT2D eigenvalue weighted by Crippen LogP contribution is 2.20. The van der Waals surface area contributed by atoms with Crippen molar-refractivity contribution in [1.82, 2.24) is 4.90 Å². The van der Waals surface area contributed by atoms with Gasteiger partial charge in [0, 0.05) is 18.5 Å². The summed E-state index contributed by atoms with van der Waals surface area (Å²) in [6, 6.07) is 0. The predicted octanol–water partition coefficient (Wildman–Crippen LogP) is 1.08. The molecule has 0 spiro atoms. The van der Waals surface area contributed by atoms with Gasteiger partial charge in [-0.15, -0.1) is 0 Å². The minimum Gasteiger partial charge on any atom is -0.466 e. The molecular weight excluding hydrogens is 244 g/mol. The minimum atomic E-state index is -0.244. The van der Waals surface area contributed by atoms with Crippen LogP contribution in [-0.2, 0) is 14.3 Å². The molecule has 19 heavy (non-hydrogen) atoms. The van der Waals surface area contributed by atoms with Crippen LogP contribution >= 0.6 is 0 Å². The number of rotatable bonds is 6. The fourth-order valence-corrected chi connectivity index (χ4v) is 2.40. The molecule has 1 rings (SSSR count). The lowest BCUT2D eigenvalue weighted by Crippen LogP contribution is -2.35. The van der Waals surface area contributed by atoms with Crippen LogP contribution in [-0.4, -0.2) is 43.5 Å². The number of carbonyl (C=O) groups is 2. The van der Waals surface area contributed by atoms with Crippen LogP contribution in [0.2, 0.25) is 0 Å². The van der Waals surface area contributed by atoms with E-state index >= 15 is 0 Å². The van der Waals surface area contributed by atoms with E-state index in [4.69, 9.17) is 10.5 Å². The SMILES string of the molecule is CCC(=CCN1CCC(CC(N)=O)CC1)C(=O)OC. The van der Waals surface area contributed by atoms with Crippen LogP contribution in [0, 0.1) is 5.92 Å². The summed E-state index contributed by atoms with van der Waals surface area (Å²) in [6.45, 7) is 4.61. The summed E-state index contributed by atoms with van der Waals surface area (Å²) in [5.74, 6) is -0.0348. The second-order valence-corrected chi connectivity index (χ2v) is 4.99. The summed E-state index contributed by atoms with van der Waals surface area (Å²) < 4.78 is 4.73. The number of primary amides is 1. The van der Waals surface area contributed by atoms with Gasteiger partial charge in [0.2, 0.25) is 5.91 Å². The van der Waals surface area contributed by atoms with E-state index in [-0.39, 0.29) is 11.9 Å². The van der Waals surface area contributed by atoms with Crippen molar-refractivity contribution in [2.24, 2.45) is 11.7 Å². The third kappa shape index (κ3) is 5.42. The Bertz CT molecular complexity index is 345. The van der Waals surface area contributed by atoms with E-state index in [0.717, 1.165) is 38.0 Å². The lowest BCUT2D eigenvalue weighted by molar-refractivity contribution is -0.136. The van der Waals surface area contributed by atoms with Crippen molar-refractivity contribution in [3.8, 4) is 0 Å². The molecule has 1 heterocycles. The van der Waals surface area contributed by atoms with Gasteiger partial charge in [-0.3, -0.25) is 9.69 Å². The topological polar surface area (TPSA) is 72.6 Å². The normalized spacial score (nSPS) is 18.3. The maximum atomic E-state index is 11.4. The molecule has 1 fully saturated rings. The zero-order chi connectivity index (χ0) is 14.3. The molecular formula is C14H24N2O3. The van der Waals surface area contributed by atoms with Gasteiger partial charge >= 0.3 is 5.97 Å². The van der Waals surface area contributed by atoms with Gasteiger partial charge in [-0.2, -0.15) is 0 Å². The van der Waals surface area contributed by atoms with Crippen molar-refractivity contribution in [2.75, 3.05) is 26.7 Å². The summed E-state index contributed by atoms with van der Waals surface area (Å²) in [5, 5.41) is 0. The first kappa shape index (κ1) is 15.7. The van der Waals surface area contributed by atoms with Gasteiger partial charge in [0.25, 0.3) is 0 Å². The molecule has 0 aromatic heterocycles. The van der Waals surface area contributed by atoms with Gasteiger partial charge < -0.3 is 10.5 Å². The standard InChI is InChI=1S/C14H24N2O3/c1-3-12(14(18)19-2)6-9-16-7-4-11(5-8-16)10-13(15)17/h6,11H,3-5,7-10H2,1-2H3,(H2,15,17). The van der Waals surface area contributed by atoms with Crippen LogP contribution in [0.4, 0.5) is 0 Å². The van der Waals surface area contributed by atoms with E-state index in [1.54, 1.807) is 0 Å². The van der Waals surface area contributed by atoms with Gasteiger partial charge in [-0.25, -0.2) is 4.79 Å². The van der Waals surface area contributed by atoms with Crippen molar-refractivity contribution in [3.63, 3.8) is 0 Å². The van der Waals surface area contributed by atoms with Crippen LogP contribution in [0.1, 0.15) is 32.6 Å². The summed E-state index contributed by atoms with van der Waals surface area (Å²) in [5.41, 5.74) is 5.93. The van der Waals surface area contributed by atoms with Crippen LogP contribution in [0.15, 0.2) is 11.6 Å². The summed E-state index contributed by atoms with van der Waals surface area (Å²) in [7, 11) is 1.40. The number of hydrogen-bond donors (Lipinski definition) is 1. The Hall–Kier alpha value is -1.36. The van der Waals surface area contributed by atoms with Crippen molar-refractivity contribution in [2.45, 2.75) is 32.6 Å². The maximum absolute atomic E-state index is 11.4. The second kappa shape index (κ2) is 7.94. The smallest absolute Gasteiger partial charge is 0.333 e. The van der Waals surface area contributed by atoms with Crippen molar-refractivity contribution >= 4 is 11.9 Å². The molecule has 0 aliphatic carbocycles. The summed E-state index contributed by atoms with van der Waals surface area (Å²) in [4.78, 5) is 24.6. The monoisotopic (exact) mass is 268 g/mol. The van der Waals surface area contributed by atoms with Crippen LogP contribution in [0.3, 0.4) is 0 Å². The molecule has 0 saturated carbocycles. The van der Waals surface area contributed by atoms with Crippen LogP contribution in [0.25, 0.3) is 0 Å². The first-order chi connectivity index (χ1) is 9.06. The Balaban J connectivity index is 2.38. The first-order valence-corrected chi connectivity index (χ1v) is 6.84. The largest absolute Gasteiger partial charge is 0.466 e. The Morgan fingerprint density at radius 1 is 1.37 bits per heavy atom. The molecule has 0 radical (unpaired) electrons. The molecule has 5 heteroatoms. The van der Waals surface area contributed by atoms with E-state index in [2.05, 4.69) is 4.90 Å². The number of amides is 1. The van der Waals surface area contributed by atoms with Crippen LogP contribution < -0.4 is 5.73 Å². The molecule has 5 nitrogen and oxygen atoms in total. The predicted molar refractivity (Wildman–Crippen MR) is 73.4 cm³/mol. The number of hydrogen-bond acceptors (Lipinski definition) is 4. The van der Waals surface area contributed by atoms with E-state index < -0.39 is 0 Å². The van der Waals surface area contributed by atoms with Gasteiger partial charge in [-0.05, 0) is 38.3 Å². The van der Waals surface area contributed by atoms with E-state index in [0.29, 0.717) is 18.8 Å². The molecule has 0 aromatic rings. The minimum absolute atomic E-state index is 0.211. The fourth-order valence-electron chi connectivity index (χ4n) is 2.40. The Morgan fingerprint density at radius 2 is 2.00 bits per heavy atom. The second-order valence-electron chi connectivity index (χ2n) is 4.99. The van der Waals surface area contributed by atoms with E-state index in [1.807, 2.05) is 13.0 Å². The molecule has 108 valence electrons. The van der Waals surface area contributed by atoms with Gasteiger partial charge in [0.15, 0.2) is 0 Å². The number of nitrogens with two attached hydrogens (primary N) is 1. The van der Waals surface area contributed by atoms with E-state index in [1.165, 1.54) is 7.11 Å². The Morgan fingerprint density at radius 3 is 2.47 bits per heavy atom. The third-order valence-corrected chi connectivity index (χ3v) is 3.62. The molecule has 0 bridgehead atoms. The molecule has 1 aliphatic heterocycles. The van der Waals surface area contributed by atoms with Crippen LogP contribution in [0.5, 0.6) is 0 Å². The van der Waals surface area contributed by atoms with Gasteiger partial charge in [0.05, 0.1) is 7.11 Å². The highest BCUT2D eigenvalue weighted by Gasteiger charge is 2.20. The van der Waals surface area contributed by atoms with Gasteiger partial charge in [-0.1, -0.05) is 13.0 Å². The summed E-state index contributed by atoms with van der Waals surface area (Å²) >= 11 is 0. The molecule has 1 saturated heterocycles. The average Bonchev–Trinajstić information content (AvgIpc) is 2.40. The van der Waals surface area contributed by atoms with Crippen molar-refractivity contribution in [1.29, 1.82) is 0 Å².